The van der Waals surface area contributed by atoms with E-state index in [2.05, 4.69) is 32.4 Å². The van der Waals surface area contributed by atoms with Gasteiger partial charge in [-0.05, 0) is 26.1 Å². The van der Waals surface area contributed by atoms with Crippen LogP contribution in [-0.2, 0) is 0 Å². The molecule has 1 heterocycles. The van der Waals surface area contributed by atoms with E-state index in [9.17, 15) is 0 Å². The third-order valence-corrected chi connectivity index (χ3v) is 2.54. The molecule has 0 saturated carbocycles. The van der Waals surface area contributed by atoms with Crippen molar-refractivity contribution in [3.63, 3.8) is 0 Å². The van der Waals surface area contributed by atoms with Crippen molar-refractivity contribution < 1.29 is 5.11 Å². The Morgan fingerprint density at radius 2 is 1.78 bits per heavy atom. The summed E-state index contributed by atoms with van der Waals surface area (Å²) in [5.74, 6) is 0. The molecule has 0 fully saturated rings. The van der Waals surface area contributed by atoms with Crippen LogP contribution in [0.15, 0.2) is 42.7 Å². The number of hydrogen-bond donors (Lipinski definition) is 2. The molecule has 1 unspecified atom stereocenters. The van der Waals surface area contributed by atoms with Crippen LogP contribution in [0.1, 0.15) is 18.0 Å². The number of nitrogens with one attached hydrogen (secondary N) is 1. The lowest BCUT2D eigenvalue weighted by molar-refractivity contribution is 0.211. The van der Waals surface area contributed by atoms with Crippen molar-refractivity contribution in [2.75, 3.05) is 20.7 Å². The van der Waals surface area contributed by atoms with E-state index in [1.165, 1.54) is 5.56 Å². The molecule has 0 saturated heterocycles. The summed E-state index contributed by atoms with van der Waals surface area (Å²) in [5.41, 5.74) is 1.27. The van der Waals surface area contributed by atoms with E-state index in [0.717, 1.165) is 6.42 Å². The molecule has 1 aromatic heterocycles. The number of benzene rings is 1. The number of hydrogen-bond acceptors (Lipinski definition) is 4. The molecule has 18 heavy (non-hydrogen) atoms. The topological polar surface area (TPSA) is 65.0 Å². The van der Waals surface area contributed by atoms with Crippen LogP contribution in [0.4, 0.5) is 0 Å². The zero-order valence-electron chi connectivity index (χ0n) is 10.8. The van der Waals surface area contributed by atoms with Gasteiger partial charge in [0.1, 0.15) is 0 Å². The lowest BCUT2D eigenvalue weighted by Crippen LogP contribution is -2.20. The standard InChI is InChI=1S/C11H17NO.C2H3N3/c1-12(2)11(8-9-13)10-6-4-3-5-7-10;1-2-4-5-3-1/h3-7,11,13H,8-9H2,1-2H3;1-2H,(H,3,4,5). The molecule has 0 aliphatic carbocycles. The van der Waals surface area contributed by atoms with Gasteiger partial charge in [0.2, 0.25) is 0 Å². The minimum Gasteiger partial charge on any atom is -0.396 e. The lowest BCUT2D eigenvalue weighted by atomic mass is 10.0. The van der Waals surface area contributed by atoms with Gasteiger partial charge in [0.05, 0.1) is 12.4 Å². The summed E-state index contributed by atoms with van der Waals surface area (Å²) < 4.78 is 0. The summed E-state index contributed by atoms with van der Waals surface area (Å²) in [4.78, 5) is 2.13. The molecule has 0 amide bonds. The highest BCUT2D eigenvalue weighted by Crippen LogP contribution is 2.20. The van der Waals surface area contributed by atoms with Crippen LogP contribution >= 0.6 is 0 Å². The minimum atomic E-state index is 0.234. The highest BCUT2D eigenvalue weighted by atomic mass is 16.3. The van der Waals surface area contributed by atoms with Crippen LogP contribution < -0.4 is 0 Å². The maximum atomic E-state index is 8.92. The van der Waals surface area contributed by atoms with Gasteiger partial charge in [-0.15, -0.1) is 0 Å². The van der Waals surface area contributed by atoms with Gasteiger partial charge in [-0.25, -0.2) is 0 Å². The van der Waals surface area contributed by atoms with E-state index in [1.54, 1.807) is 12.4 Å². The van der Waals surface area contributed by atoms with Crippen LogP contribution in [0.25, 0.3) is 0 Å². The molecular weight excluding hydrogens is 228 g/mol. The number of aliphatic hydroxyl groups is 1. The summed E-state index contributed by atoms with van der Waals surface area (Å²) in [5, 5.41) is 18.3. The Kier molecular flexibility index (Phi) is 6.68. The molecule has 0 spiro atoms. The molecule has 0 bridgehead atoms. The van der Waals surface area contributed by atoms with E-state index in [0.29, 0.717) is 6.04 Å². The minimum absolute atomic E-state index is 0.234. The molecule has 2 aromatic rings. The number of H-pyrrole nitrogens is 1. The van der Waals surface area contributed by atoms with Gasteiger partial charge < -0.3 is 10.0 Å². The average Bonchev–Trinajstić information content (AvgIpc) is 2.95. The normalized spacial score (nSPS) is 11.8. The summed E-state index contributed by atoms with van der Waals surface area (Å²) in [6.45, 7) is 0.234. The smallest absolute Gasteiger partial charge is 0.0690 e. The second-order valence-electron chi connectivity index (χ2n) is 4.06. The highest BCUT2D eigenvalue weighted by Gasteiger charge is 2.11. The van der Waals surface area contributed by atoms with Crippen molar-refractivity contribution >= 4 is 0 Å². The summed E-state index contributed by atoms with van der Waals surface area (Å²) in [6.07, 6.45) is 3.96. The molecule has 5 heteroatoms. The van der Waals surface area contributed by atoms with Gasteiger partial charge in [-0.2, -0.15) is 15.4 Å². The van der Waals surface area contributed by atoms with Gasteiger partial charge in [-0.3, -0.25) is 0 Å². The second-order valence-corrected chi connectivity index (χ2v) is 4.06. The SMILES string of the molecule is CN(C)C(CCO)c1ccccc1.c1cn[nH]n1. The Labute approximate surface area is 107 Å². The third kappa shape index (κ3) is 5.07. The number of nitrogens with zero attached hydrogens (tertiary/aromatic N) is 3. The average molecular weight is 248 g/mol. The summed E-state index contributed by atoms with van der Waals surface area (Å²) in [6, 6.07) is 10.6. The first-order valence-corrected chi connectivity index (χ1v) is 5.87. The zero-order valence-corrected chi connectivity index (χ0v) is 10.8. The van der Waals surface area contributed by atoms with Crippen molar-refractivity contribution in [2.24, 2.45) is 0 Å². The van der Waals surface area contributed by atoms with E-state index < -0.39 is 0 Å². The van der Waals surface area contributed by atoms with Gasteiger partial charge in [0.15, 0.2) is 0 Å². The molecule has 98 valence electrons. The Hall–Kier alpha value is -1.72. The fraction of sp³-hybridized carbons (Fsp3) is 0.385. The van der Waals surface area contributed by atoms with Crippen molar-refractivity contribution in [1.82, 2.24) is 20.3 Å². The number of aromatic nitrogens is 3. The van der Waals surface area contributed by atoms with Crippen molar-refractivity contribution in [2.45, 2.75) is 12.5 Å². The van der Waals surface area contributed by atoms with Crippen LogP contribution in [0.5, 0.6) is 0 Å². The molecule has 0 aliphatic rings. The van der Waals surface area contributed by atoms with E-state index >= 15 is 0 Å². The second kappa shape index (κ2) is 8.38. The summed E-state index contributed by atoms with van der Waals surface area (Å²) in [7, 11) is 4.07. The van der Waals surface area contributed by atoms with Crippen LogP contribution in [0.2, 0.25) is 0 Å². The Balaban J connectivity index is 0.000000269. The first-order chi connectivity index (χ1) is 8.75. The maximum Gasteiger partial charge on any atom is 0.0690 e. The van der Waals surface area contributed by atoms with Gasteiger partial charge in [0, 0.05) is 12.6 Å². The monoisotopic (exact) mass is 248 g/mol. The molecule has 0 radical (unpaired) electrons. The lowest BCUT2D eigenvalue weighted by Gasteiger charge is -2.23. The van der Waals surface area contributed by atoms with Crippen molar-refractivity contribution in [3.8, 4) is 0 Å². The van der Waals surface area contributed by atoms with Crippen LogP contribution in [0.3, 0.4) is 0 Å². The third-order valence-electron chi connectivity index (χ3n) is 2.54. The fourth-order valence-corrected chi connectivity index (χ4v) is 1.69. The van der Waals surface area contributed by atoms with Gasteiger partial charge >= 0.3 is 0 Å². The Bertz CT molecular complexity index is 371. The van der Waals surface area contributed by atoms with E-state index in [1.807, 2.05) is 32.3 Å². The number of rotatable bonds is 4. The first kappa shape index (κ1) is 14.3. The Morgan fingerprint density at radius 1 is 1.17 bits per heavy atom. The van der Waals surface area contributed by atoms with Gasteiger partial charge in [0.25, 0.3) is 0 Å². The molecule has 2 N–H and O–H groups in total. The molecular formula is C13H20N4O. The van der Waals surface area contributed by atoms with Crippen molar-refractivity contribution in [3.05, 3.63) is 48.3 Å². The van der Waals surface area contributed by atoms with E-state index in [-0.39, 0.29) is 6.61 Å². The largest absolute Gasteiger partial charge is 0.396 e. The molecule has 1 atom stereocenters. The molecule has 1 aromatic carbocycles. The highest BCUT2D eigenvalue weighted by molar-refractivity contribution is 5.18. The maximum absolute atomic E-state index is 8.92. The van der Waals surface area contributed by atoms with E-state index in [4.69, 9.17) is 5.11 Å². The zero-order chi connectivity index (χ0) is 13.2. The first-order valence-electron chi connectivity index (χ1n) is 5.87. The van der Waals surface area contributed by atoms with Crippen LogP contribution in [0, 0.1) is 0 Å². The van der Waals surface area contributed by atoms with Gasteiger partial charge in [-0.1, -0.05) is 30.3 Å². The predicted molar refractivity (Wildman–Crippen MR) is 71.0 cm³/mol. The predicted octanol–water partition coefficient (Wildman–Crippen LogP) is 1.48. The van der Waals surface area contributed by atoms with Crippen molar-refractivity contribution in [1.29, 1.82) is 0 Å². The fourth-order valence-electron chi connectivity index (χ4n) is 1.69. The van der Waals surface area contributed by atoms with Crippen LogP contribution in [-0.4, -0.2) is 46.1 Å². The summed E-state index contributed by atoms with van der Waals surface area (Å²) >= 11 is 0. The molecule has 2 rings (SSSR count). The number of aliphatic hydroxyl groups excluding tert-OH is 1. The molecule has 0 aliphatic heterocycles. The molecule has 5 nitrogen and oxygen atoms in total. The quantitative estimate of drug-likeness (QED) is 0.860. The number of aromatic amines is 1. The Morgan fingerprint density at radius 3 is 2.17 bits per heavy atom.